The van der Waals surface area contributed by atoms with Gasteiger partial charge >= 0.3 is 0 Å². The van der Waals surface area contributed by atoms with Crippen molar-refractivity contribution in [1.29, 1.82) is 5.26 Å². The highest BCUT2D eigenvalue weighted by Gasteiger charge is 2.29. The average molecular weight is 344 g/mol. The fraction of sp³-hybridized carbons (Fsp3) is 0.125. The molecule has 0 aliphatic carbocycles. The van der Waals surface area contributed by atoms with Gasteiger partial charge in [-0.15, -0.1) is 11.3 Å². The first-order chi connectivity index (χ1) is 11.5. The van der Waals surface area contributed by atoms with Crippen molar-refractivity contribution in [1.82, 2.24) is 15.2 Å². The highest BCUT2D eigenvalue weighted by molar-refractivity contribution is 7.10. The van der Waals surface area contributed by atoms with Crippen molar-refractivity contribution in [2.24, 2.45) is 0 Å². The monoisotopic (exact) mass is 344 g/mol. The molecule has 0 aliphatic rings. The van der Waals surface area contributed by atoms with Gasteiger partial charge in [0, 0.05) is 11.1 Å². The fourth-order valence-electron chi connectivity index (χ4n) is 2.29. The number of Topliss-reactive ketones (excluding diaryl/α,β-unsaturated/α-hetero) is 1. The van der Waals surface area contributed by atoms with Crippen LogP contribution < -0.4 is 0 Å². The number of aromatic nitrogens is 3. The molecular formula is C16H10F2N4OS. The van der Waals surface area contributed by atoms with Crippen LogP contribution in [-0.2, 0) is 0 Å². The third-order valence-corrected chi connectivity index (χ3v) is 4.42. The molecule has 0 radical (unpaired) electrons. The van der Waals surface area contributed by atoms with Gasteiger partial charge < -0.3 is 0 Å². The van der Waals surface area contributed by atoms with Crippen molar-refractivity contribution in [2.75, 3.05) is 0 Å². The molecule has 120 valence electrons. The average Bonchev–Trinajstić information content (AvgIpc) is 3.17. The normalized spacial score (nSPS) is 11.9. The molecule has 0 spiro atoms. The van der Waals surface area contributed by atoms with E-state index in [1.165, 1.54) is 17.4 Å². The summed E-state index contributed by atoms with van der Waals surface area (Å²) in [5.74, 6) is -3.42. The van der Waals surface area contributed by atoms with E-state index < -0.39 is 23.3 Å². The number of halogens is 2. The molecule has 24 heavy (non-hydrogen) atoms. The Balaban J connectivity index is 2.07. The van der Waals surface area contributed by atoms with E-state index in [0.29, 0.717) is 10.7 Å². The zero-order chi connectivity index (χ0) is 17.3. The minimum atomic E-state index is -1.16. The van der Waals surface area contributed by atoms with Gasteiger partial charge in [-0.2, -0.15) is 10.4 Å². The van der Waals surface area contributed by atoms with Gasteiger partial charge in [-0.3, -0.25) is 9.89 Å². The minimum Gasteiger partial charge on any atom is -0.292 e. The largest absolute Gasteiger partial charge is 0.292 e. The highest BCUT2D eigenvalue weighted by atomic mass is 32.1. The molecule has 1 aromatic carbocycles. The SMILES string of the molecule is Cc1csc([C@H](C#N)C(=O)c2cn[nH]c2-c2c(F)cccc2F)n1. The number of aromatic amines is 1. The molecule has 0 saturated carbocycles. The molecule has 3 rings (SSSR count). The highest BCUT2D eigenvalue weighted by Crippen LogP contribution is 2.31. The molecule has 0 saturated heterocycles. The fourth-order valence-corrected chi connectivity index (χ4v) is 3.12. The lowest BCUT2D eigenvalue weighted by molar-refractivity contribution is 0.0979. The number of carbonyl (C=O) groups is 1. The van der Waals surface area contributed by atoms with E-state index in [-0.39, 0.29) is 16.8 Å². The second kappa shape index (κ2) is 6.29. The van der Waals surface area contributed by atoms with Gasteiger partial charge in [0.25, 0.3) is 0 Å². The zero-order valence-corrected chi connectivity index (χ0v) is 13.2. The van der Waals surface area contributed by atoms with Crippen molar-refractivity contribution in [3.63, 3.8) is 0 Å². The summed E-state index contributed by atoms with van der Waals surface area (Å²) in [6.07, 6.45) is 1.16. The topological polar surface area (TPSA) is 82.4 Å². The first-order valence-corrected chi connectivity index (χ1v) is 7.74. The van der Waals surface area contributed by atoms with Crippen molar-refractivity contribution in [3.05, 3.63) is 57.7 Å². The Hall–Kier alpha value is -2.92. The van der Waals surface area contributed by atoms with Gasteiger partial charge in [0.05, 0.1) is 29.1 Å². The molecule has 1 atom stereocenters. The molecule has 2 heterocycles. The Labute approximate surface area is 139 Å². The van der Waals surface area contributed by atoms with Crippen molar-refractivity contribution in [2.45, 2.75) is 12.8 Å². The van der Waals surface area contributed by atoms with E-state index in [1.54, 1.807) is 12.3 Å². The summed E-state index contributed by atoms with van der Waals surface area (Å²) in [6, 6.07) is 5.29. The second-order valence-corrected chi connectivity index (χ2v) is 5.90. The molecule has 5 nitrogen and oxygen atoms in total. The van der Waals surface area contributed by atoms with Crippen LogP contribution in [0.25, 0.3) is 11.3 Å². The number of nitrogens with zero attached hydrogens (tertiary/aromatic N) is 3. The Morgan fingerprint density at radius 3 is 2.67 bits per heavy atom. The van der Waals surface area contributed by atoms with E-state index >= 15 is 0 Å². The number of nitrogens with one attached hydrogen (secondary N) is 1. The molecule has 2 aromatic heterocycles. The lowest BCUT2D eigenvalue weighted by Crippen LogP contribution is -2.12. The number of benzene rings is 1. The van der Waals surface area contributed by atoms with Crippen LogP contribution >= 0.6 is 11.3 Å². The molecule has 0 amide bonds. The van der Waals surface area contributed by atoms with Gasteiger partial charge in [0.2, 0.25) is 0 Å². The van der Waals surface area contributed by atoms with Crippen molar-refractivity contribution in [3.8, 4) is 17.3 Å². The van der Waals surface area contributed by atoms with Crippen LogP contribution in [0.5, 0.6) is 0 Å². The molecule has 1 N–H and O–H groups in total. The Bertz CT molecular complexity index is 937. The molecular weight excluding hydrogens is 334 g/mol. The smallest absolute Gasteiger partial charge is 0.190 e. The number of hydrogen-bond acceptors (Lipinski definition) is 5. The number of H-pyrrole nitrogens is 1. The third-order valence-electron chi connectivity index (χ3n) is 3.39. The van der Waals surface area contributed by atoms with Crippen LogP contribution in [0, 0.1) is 29.9 Å². The molecule has 8 heteroatoms. The summed E-state index contributed by atoms with van der Waals surface area (Å²) in [4.78, 5) is 16.8. The van der Waals surface area contributed by atoms with E-state index in [1.807, 2.05) is 6.07 Å². The second-order valence-electron chi connectivity index (χ2n) is 5.01. The first kappa shape index (κ1) is 16.0. The summed E-state index contributed by atoms with van der Waals surface area (Å²) in [5, 5.41) is 17.6. The predicted molar refractivity (Wildman–Crippen MR) is 83.5 cm³/mol. The lowest BCUT2D eigenvalue weighted by atomic mass is 9.96. The van der Waals surface area contributed by atoms with Crippen LogP contribution in [0.3, 0.4) is 0 Å². The van der Waals surface area contributed by atoms with Gasteiger partial charge in [0.1, 0.15) is 16.6 Å². The quantitative estimate of drug-likeness (QED) is 0.733. The summed E-state index contributed by atoms with van der Waals surface area (Å²) in [5.41, 5.74) is 0.156. The van der Waals surface area contributed by atoms with Gasteiger partial charge in [-0.05, 0) is 19.1 Å². The summed E-state index contributed by atoms with van der Waals surface area (Å²) in [7, 11) is 0. The standard InChI is InChI=1S/C16H10F2N4OS/c1-8-7-24-16(21-8)9(5-19)15(23)10-6-20-22-14(10)13-11(17)3-2-4-12(13)18/h2-4,6-7,9H,1H3,(H,20,22)/t9-/m1/s1. The van der Waals surface area contributed by atoms with Crippen LogP contribution in [0.15, 0.2) is 29.8 Å². The number of thiazole rings is 1. The Morgan fingerprint density at radius 2 is 2.08 bits per heavy atom. The van der Waals surface area contributed by atoms with Crippen molar-refractivity contribution >= 4 is 17.1 Å². The molecule has 3 aromatic rings. The van der Waals surface area contributed by atoms with Crippen LogP contribution in [0.2, 0.25) is 0 Å². The molecule has 0 bridgehead atoms. The Morgan fingerprint density at radius 1 is 1.38 bits per heavy atom. The zero-order valence-electron chi connectivity index (χ0n) is 12.4. The number of hydrogen-bond donors (Lipinski definition) is 1. The van der Waals surface area contributed by atoms with Gasteiger partial charge in [-0.1, -0.05) is 6.07 Å². The summed E-state index contributed by atoms with van der Waals surface area (Å²) >= 11 is 1.18. The van der Waals surface area contributed by atoms with E-state index in [0.717, 1.165) is 18.3 Å². The Kier molecular flexibility index (Phi) is 4.18. The predicted octanol–water partition coefficient (Wildman–Crippen LogP) is 3.61. The van der Waals surface area contributed by atoms with Crippen molar-refractivity contribution < 1.29 is 13.6 Å². The van der Waals surface area contributed by atoms with E-state index in [4.69, 9.17) is 0 Å². The number of rotatable bonds is 4. The van der Waals surface area contributed by atoms with Gasteiger partial charge in [-0.25, -0.2) is 13.8 Å². The molecule has 0 fully saturated rings. The number of carbonyl (C=O) groups excluding carboxylic acids is 1. The maximum absolute atomic E-state index is 14.0. The third kappa shape index (κ3) is 2.70. The number of aryl methyl sites for hydroxylation is 1. The van der Waals surface area contributed by atoms with Gasteiger partial charge in [0.15, 0.2) is 11.7 Å². The lowest BCUT2D eigenvalue weighted by Gasteiger charge is -2.07. The maximum atomic E-state index is 14.0. The van der Waals surface area contributed by atoms with E-state index in [2.05, 4.69) is 15.2 Å². The first-order valence-electron chi connectivity index (χ1n) is 6.86. The molecule has 0 aliphatic heterocycles. The minimum absolute atomic E-state index is 0.0570. The number of ketones is 1. The van der Waals surface area contributed by atoms with Crippen LogP contribution in [0.4, 0.5) is 8.78 Å². The summed E-state index contributed by atoms with van der Waals surface area (Å²) < 4.78 is 28.0. The summed E-state index contributed by atoms with van der Waals surface area (Å²) in [6.45, 7) is 1.75. The maximum Gasteiger partial charge on any atom is 0.190 e. The van der Waals surface area contributed by atoms with Crippen LogP contribution in [-0.4, -0.2) is 21.0 Å². The van der Waals surface area contributed by atoms with Crippen LogP contribution in [0.1, 0.15) is 27.0 Å². The molecule has 0 unspecified atom stereocenters. The van der Waals surface area contributed by atoms with E-state index in [9.17, 15) is 18.8 Å². The number of nitriles is 1.